The summed E-state index contributed by atoms with van der Waals surface area (Å²) in [4.78, 5) is 4.85. The van der Waals surface area contributed by atoms with Crippen molar-refractivity contribution in [2.24, 2.45) is 0 Å². The molecule has 6 heteroatoms. The number of aryl methyl sites for hydroxylation is 1. The first-order valence-corrected chi connectivity index (χ1v) is 11.5. The van der Waals surface area contributed by atoms with Crippen LogP contribution in [0, 0.1) is 0 Å². The Morgan fingerprint density at radius 2 is 1.53 bits per heavy atom. The Bertz CT molecular complexity index is 1300. The maximum absolute atomic E-state index is 12.5. The van der Waals surface area contributed by atoms with Crippen molar-refractivity contribution < 1.29 is 8.42 Å². The summed E-state index contributed by atoms with van der Waals surface area (Å²) in [7, 11) is -3.26. The summed E-state index contributed by atoms with van der Waals surface area (Å²) in [5.74, 6) is 0.122. The fourth-order valence-corrected chi connectivity index (χ4v) is 5.73. The van der Waals surface area contributed by atoms with Crippen LogP contribution in [0.25, 0.3) is 10.9 Å². The van der Waals surface area contributed by atoms with Crippen molar-refractivity contribution in [3.05, 3.63) is 95.7 Å². The van der Waals surface area contributed by atoms with Gasteiger partial charge in [0.1, 0.15) is 0 Å². The van der Waals surface area contributed by atoms with E-state index in [9.17, 15) is 8.42 Å². The Morgan fingerprint density at radius 3 is 2.17 bits per heavy atom. The zero-order valence-electron chi connectivity index (χ0n) is 16.2. The van der Waals surface area contributed by atoms with Gasteiger partial charge in [0.15, 0.2) is 9.84 Å². The molecule has 30 heavy (non-hydrogen) atoms. The molecule has 3 aromatic carbocycles. The molecule has 0 unspecified atom stereocenters. The third-order valence-corrected chi connectivity index (χ3v) is 7.43. The first-order chi connectivity index (χ1) is 14.5. The lowest BCUT2D eigenvalue weighted by Crippen LogP contribution is -2.14. The smallest absolute Gasteiger partial charge is 0.179 e. The van der Waals surface area contributed by atoms with Crippen molar-refractivity contribution in [2.75, 3.05) is 16.8 Å². The zero-order valence-corrected chi connectivity index (χ0v) is 17.1. The molecule has 0 atom stereocenters. The third-order valence-electron chi connectivity index (χ3n) is 5.64. The van der Waals surface area contributed by atoms with Gasteiger partial charge in [-0.15, -0.1) is 0 Å². The summed E-state index contributed by atoms with van der Waals surface area (Å²) in [6.45, 7) is 0. The molecule has 0 saturated heterocycles. The molecule has 1 aliphatic rings. The maximum atomic E-state index is 12.5. The molecule has 0 aliphatic carbocycles. The van der Waals surface area contributed by atoms with E-state index in [0.29, 0.717) is 17.0 Å². The van der Waals surface area contributed by atoms with Crippen molar-refractivity contribution in [3.63, 3.8) is 0 Å². The minimum absolute atomic E-state index is 0.122. The summed E-state index contributed by atoms with van der Waals surface area (Å²) < 4.78 is 25.0. The average molecular weight is 416 g/mol. The highest BCUT2D eigenvalue weighted by atomic mass is 32.2. The van der Waals surface area contributed by atoms with Crippen molar-refractivity contribution >= 4 is 32.1 Å². The number of nitrogens with one attached hydrogen (secondary N) is 1. The number of sulfone groups is 1. The highest BCUT2D eigenvalue weighted by Crippen LogP contribution is 2.40. The highest BCUT2D eigenvalue weighted by Gasteiger charge is 2.30. The SMILES string of the molecule is Nc1cnc2ccc3c(c2c1NC(c1ccccc1)c1ccccc1)CCS3(=O)=O. The van der Waals surface area contributed by atoms with Crippen LogP contribution >= 0.6 is 0 Å². The van der Waals surface area contributed by atoms with Crippen LogP contribution in [0.1, 0.15) is 22.7 Å². The van der Waals surface area contributed by atoms with E-state index in [4.69, 9.17) is 5.73 Å². The van der Waals surface area contributed by atoms with Crippen molar-refractivity contribution in [2.45, 2.75) is 17.4 Å². The normalized spacial score (nSPS) is 14.7. The average Bonchev–Trinajstić information content (AvgIpc) is 3.09. The van der Waals surface area contributed by atoms with E-state index in [1.807, 2.05) is 36.4 Å². The summed E-state index contributed by atoms with van der Waals surface area (Å²) >= 11 is 0. The fourth-order valence-electron chi connectivity index (χ4n) is 4.19. The van der Waals surface area contributed by atoms with E-state index < -0.39 is 9.84 Å². The summed E-state index contributed by atoms with van der Waals surface area (Å²) in [6.07, 6.45) is 2.10. The van der Waals surface area contributed by atoms with Crippen LogP contribution in [0.15, 0.2) is 83.9 Å². The van der Waals surface area contributed by atoms with Crippen LogP contribution in [-0.4, -0.2) is 19.2 Å². The van der Waals surface area contributed by atoms with Gasteiger partial charge in [0.05, 0.1) is 39.8 Å². The Balaban J connectivity index is 1.72. The largest absolute Gasteiger partial charge is 0.396 e. The minimum Gasteiger partial charge on any atom is -0.396 e. The second-order valence-corrected chi connectivity index (χ2v) is 9.57. The van der Waals surface area contributed by atoms with Crippen LogP contribution in [0.4, 0.5) is 11.4 Å². The van der Waals surface area contributed by atoms with E-state index in [2.05, 4.69) is 34.6 Å². The Morgan fingerprint density at radius 1 is 0.900 bits per heavy atom. The van der Waals surface area contributed by atoms with Crippen LogP contribution in [0.5, 0.6) is 0 Å². The molecule has 0 spiro atoms. The first-order valence-electron chi connectivity index (χ1n) is 9.84. The van der Waals surface area contributed by atoms with Gasteiger partial charge in [-0.1, -0.05) is 60.7 Å². The first kappa shape index (κ1) is 18.6. The van der Waals surface area contributed by atoms with Gasteiger partial charge in [0, 0.05) is 5.39 Å². The Labute approximate surface area is 175 Å². The number of nitrogens with two attached hydrogens (primary N) is 1. The number of nitrogen functional groups attached to an aromatic ring is 1. The number of nitrogens with zero attached hydrogens (tertiary/aromatic N) is 1. The van der Waals surface area contributed by atoms with E-state index in [1.165, 1.54) is 0 Å². The number of benzene rings is 3. The fraction of sp³-hybridized carbons (Fsp3) is 0.125. The molecule has 5 rings (SSSR count). The lowest BCUT2D eigenvalue weighted by Gasteiger charge is -2.24. The van der Waals surface area contributed by atoms with Gasteiger partial charge in [0.2, 0.25) is 0 Å². The van der Waals surface area contributed by atoms with Crippen molar-refractivity contribution in [1.82, 2.24) is 4.98 Å². The predicted molar refractivity (Wildman–Crippen MR) is 120 cm³/mol. The Hall–Kier alpha value is -3.38. The van der Waals surface area contributed by atoms with Crippen LogP contribution < -0.4 is 11.1 Å². The molecule has 0 fully saturated rings. The number of rotatable bonds is 4. The Kier molecular flexibility index (Phi) is 4.44. The van der Waals surface area contributed by atoms with Gasteiger partial charge in [-0.25, -0.2) is 8.42 Å². The molecule has 1 aromatic heterocycles. The molecule has 0 radical (unpaired) electrons. The molecule has 150 valence electrons. The molecule has 0 saturated carbocycles. The molecule has 2 heterocycles. The highest BCUT2D eigenvalue weighted by molar-refractivity contribution is 7.91. The molecule has 1 aliphatic heterocycles. The minimum atomic E-state index is -3.26. The maximum Gasteiger partial charge on any atom is 0.179 e. The van der Waals surface area contributed by atoms with Gasteiger partial charge in [-0.3, -0.25) is 4.98 Å². The summed E-state index contributed by atoms with van der Waals surface area (Å²) in [6, 6.07) is 23.6. The topological polar surface area (TPSA) is 85.1 Å². The number of anilines is 2. The predicted octanol–water partition coefficient (Wildman–Crippen LogP) is 4.35. The van der Waals surface area contributed by atoms with Gasteiger partial charge in [-0.2, -0.15) is 0 Å². The standard InChI is InChI=1S/C24H21N3O2S/c25-19-15-26-20-11-12-21-18(13-14-30(21,28)29)22(20)24(19)27-23(16-7-3-1-4-8-16)17-9-5-2-6-10-17/h1-12,15,23H,13-14,25H2,(H,26,27). The molecule has 0 bridgehead atoms. The van der Waals surface area contributed by atoms with Crippen LogP contribution in [-0.2, 0) is 16.3 Å². The molecular formula is C24H21N3O2S. The number of pyridine rings is 1. The van der Waals surface area contributed by atoms with Gasteiger partial charge in [0.25, 0.3) is 0 Å². The second kappa shape index (κ2) is 7.15. The number of hydrogen-bond donors (Lipinski definition) is 2. The van der Waals surface area contributed by atoms with Gasteiger partial charge >= 0.3 is 0 Å². The zero-order chi connectivity index (χ0) is 20.7. The lowest BCUT2D eigenvalue weighted by atomic mass is 9.97. The number of hydrogen-bond acceptors (Lipinski definition) is 5. The van der Waals surface area contributed by atoms with Crippen LogP contribution in [0.3, 0.4) is 0 Å². The van der Waals surface area contributed by atoms with E-state index >= 15 is 0 Å². The quantitative estimate of drug-likeness (QED) is 0.518. The van der Waals surface area contributed by atoms with E-state index in [1.54, 1.807) is 18.3 Å². The third kappa shape index (κ3) is 3.09. The van der Waals surface area contributed by atoms with Crippen LogP contribution in [0.2, 0.25) is 0 Å². The summed E-state index contributed by atoms with van der Waals surface area (Å²) in [5.41, 5.74) is 11.3. The van der Waals surface area contributed by atoms with Gasteiger partial charge < -0.3 is 11.1 Å². The molecule has 4 aromatic rings. The molecule has 0 amide bonds. The molecular weight excluding hydrogens is 394 g/mol. The van der Waals surface area contributed by atoms with Crippen molar-refractivity contribution in [3.8, 4) is 0 Å². The molecule has 5 nitrogen and oxygen atoms in total. The number of fused-ring (bicyclic) bond motifs is 3. The monoisotopic (exact) mass is 415 g/mol. The second-order valence-electron chi connectivity index (χ2n) is 7.49. The summed E-state index contributed by atoms with van der Waals surface area (Å²) in [5, 5.41) is 4.42. The number of aromatic nitrogens is 1. The molecule has 3 N–H and O–H groups in total. The van der Waals surface area contributed by atoms with Crippen molar-refractivity contribution in [1.29, 1.82) is 0 Å². The van der Waals surface area contributed by atoms with Gasteiger partial charge in [-0.05, 0) is 35.2 Å². The van der Waals surface area contributed by atoms with E-state index in [0.717, 1.165) is 33.3 Å². The lowest BCUT2D eigenvalue weighted by molar-refractivity contribution is 0.600. The van der Waals surface area contributed by atoms with E-state index in [-0.39, 0.29) is 11.8 Å².